The van der Waals surface area contributed by atoms with Gasteiger partial charge in [0, 0.05) is 6.08 Å². The first-order valence-electron chi connectivity index (χ1n) is 7.75. The van der Waals surface area contributed by atoms with Gasteiger partial charge in [-0.25, -0.2) is 4.79 Å². The van der Waals surface area contributed by atoms with Crippen molar-refractivity contribution in [2.75, 3.05) is 13.2 Å². The third-order valence-corrected chi connectivity index (χ3v) is 3.10. The number of unbranched alkanes of at least 4 members (excludes halogenated alkanes) is 9. The summed E-state index contributed by atoms with van der Waals surface area (Å²) < 4.78 is 4.98. The van der Waals surface area contributed by atoms with Crippen molar-refractivity contribution in [3.63, 3.8) is 0 Å². The topological polar surface area (TPSA) is 46.5 Å². The molecule has 3 heteroatoms. The molecule has 0 aromatic carbocycles. The van der Waals surface area contributed by atoms with E-state index in [1.165, 1.54) is 63.5 Å². The Morgan fingerprint density at radius 3 is 2.00 bits per heavy atom. The first kappa shape index (κ1) is 18.2. The predicted octanol–water partition coefficient (Wildman–Crippen LogP) is 4.00. The monoisotopic (exact) mass is 270 g/mol. The summed E-state index contributed by atoms with van der Waals surface area (Å²) in [5.74, 6) is -0.357. The Kier molecular flexibility index (Phi) is 14.6. The smallest absolute Gasteiger partial charge is 0.330 e. The zero-order valence-corrected chi connectivity index (χ0v) is 12.4. The Morgan fingerprint density at radius 1 is 0.947 bits per heavy atom. The molecule has 0 bridgehead atoms. The molecule has 0 aliphatic carbocycles. The molecule has 0 fully saturated rings. The lowest BCUT2D eigenvalue weighted by Gasteiger charge is -2.03. The zero-order chi connectivity index (χ0) is 14.2. The van der Waals surface area contributed by atoms with Crippen LogP contribution in [0.4, 0.5) is 0 Å². The number of carbonyl (C=O) groups is 1. The Bertz CT molecular complexity index is 224. The van der Waals surface area contributed by atoms with Gasteiger partial charge in [0.25, 0.3) is 0 Å². The van der Waals surface area contributed by atoms with Crippen molar-refractivity contribution >= 4 is 5.97 Å². The molecule has 112 valence electrons. The summed E-state index contributed by atoms with van der Waals surface area (Å²) in [6, 6.07) is 0. The second-order valence-corrected chi connectivity index (χ2v) is 4.93. The van der Waals surface area contributed by atoms with Crippen molar-refractivity contribution in [1.29, 1.82) is 0 Å². The van der Waals surface area contributed by atoms with E-state index in [9.17, 15) is 4.79 Å². The molecule has 0 saturated carbocycles. The van der Waals surface area contributed by atoms with Gasteiger partial charge in [0.05, 0.1) is 13.2 Å². The summed E-state index contributed by atoms with van der Waals surface area (Å²) in [5, 5.41) is 8.48. The minimum Gasteiger partial charge on any atom is -0.463 e. The Morgan fingerprint density at radius 2 is 1.47 bits per heavy atom. The van der Waals surface area contributed by atoms with Crippen LogP contribution in [0.1, 0.15) is 71.1 Å². The molecule has 0 rings (SSSR count). The molecule has 0 amide bonds. The molecular formula is C16H30O3. The van der Waals surface area contributed by atoms with E-state index in [-0.39, 0.29) is 12.6 Å². The van der Waals surface area contributed by atoms with Crippen LogP contribution in [0.3, 0.4) is 0 Å². The number of ether oxygens (including phenoxy) is 1. The number of hydrogen-bond donors (Lipinski definition) is 1. The molecule has 19 heavy (non-hydrogen) atoms. The second-order valence-electron chi connectivity index (χ2n) is 4.93. The molecular weight excluding hydrogens is 240 g/mol. The highest BCUT2D eigenvalue weighted by Crippen LogP contribution is 2.10. The van der Waals surface area contributed by atoms with Crippen LogP contribution in [-0.2, 0) is 9.53 Å². The van der Waals surface area contributed by atoms with Crippen molar-refractivity contribution in [2.45, 2.75) is 71.1 Å². The van der Waals surface area contributed by atoms with Crippen LogP contribution in [0.2, 0.25) is 0 Å². The number of esters is 1. The van der Waals surface area contributed by atoms with Gasteiger partial charge in [-0.05, 0) is 6.42 Å². The lowest BCUT2D eigenvalue weighted by Crippen LogP contribution is -2.02. The molecule has 0 radical (unpaired) electrons. The molecule has 0 atom stereocenters. The zero-order valence-electron chi connectivity index (χ0n) is 12.4. The summed E-state index contributed by atoms with van der Waals surface area (Å²) in [6.45, 7) is 2.62. The van der Waals surface area contributed by atoms with Crippen molar-refractivity contribution in [3.05, 3.63) is 12.2 Å². The van der Waals surface area contributed by atoms with Gasteiger partial charge >= 0.3 is 5.97 Å². The molecule has 1 N–H and O–H groups in total. The summed E-state index contributed by atoms with van der Waals surface area (Å²) in [4.78, 5) is 11.0. The third-order valence-electron chi connectivity index (χ3n) is 3.10. The fraction of sp³-hybridized carbons (Fsp3) is 0.812. The van der Waals surface area contributed by atoms with Gasteiger partial charge in [0.1, 0.15) is 0 Å². The summed E-state index contributed by atoms with van der Waals surface area (Å²) in [6.07, 6.45) is 15.4. The Labute approximate surface area is 118 Å². The average Bonchev–Trinajstić information content (AvgIpc) is 2.42. The van der Waals surface area contributed by atoms with Gasteiger partial charge in [-0.2, -0.15) is 0 Å². The quantitative estimate of drug-likeness (QED) is 0.312. The van der Waals surface area contributed by atoms with Gasteiger partial charge in [-0.15, -0.1) is 0 Å². The standard InChI is InChI=1S/C16H30O3/c1-2-3-4-5-6-7-8-9-10-11-15-19-16(18)13-12-14-17/h12-13,17H,2-11,14-15H2,1H3/b13-12-. The lowest BCUT2D eigenvalue weighted by molar-refractivity contribution is -0.137. The average molecular weight is 270 g/mol. The minimum absolute atomic E-state index is 0.118. The van der Waals surface area contributed by atoms with Gasteiger partial charge < -0.3 is 9.84 Å². The first-order valence-corrected chi connectivity index (χ1v) is 7.75. The van der Waals surface area contributed by atoms with Crippen LogP contribution >= 0.6 is 0 Å². The van der Waals surface area contributed by atoms with E-state index in [1.807, 2.05) is 0 Å². The normalized spacial score (nSPS) is 11.1. The molecule has 0 spiro atoms. The van der Waals surface area contributed by atoms with Crippen molar-refractivity contribution < 1.29 is 14.6 Å². The SMILES string of the molecule is CCCCCCCCCCCCOC(=O)/C=C\CO. The van der Waals surface area contributed by atoms with Crippen LogP contribution in [0, 0.1) is 0 Å². The maximum absolute atomic E-state index is 11.0. The van der Waals surface area contributed by atoms with E-state index < -0.39 is 0 Å². The fourth-order valence-corrected chi connectivity index (χ4v) is 1.96. The molecule has 0 saturated heterocycles. The Hall–Kier alpha value is -0.830. The summed E-state index contributed by atoms with van der Waals surface area (Å²) >= 11 is 0. The minimum atomic E-state index is -0.357. The van der Waals surface area contributed by atoms with E-state index in [1.54, 1.807) is 0 Å². The molecule has 0 heterocycles. The lowest BCUT2D eigenvalue weighted by atomic mass is 10.1. The van der Waals surface area contributed by atoms with Crippen LogP contribution in [0.5, 0.6) is 0 Å². The number of aliphatic hydroxyl groups excluding tert-OH is 1. The number of rotatable bonds is 13. The highest BCUT2D eigenvalue weighted by molar-refractivity contribution is 5.81. The predicted molar refractivity (Wildman–Crippen MR) is 79.0 cm³/mol. The van der Waals surface area contributed by atoms with Gasteiger partial charge in [-0.3, -0.25) is 0 Å². The molecule has 0 unspecified atom stereocenters. The molecule has 0 aliphatic heterocycles. The van der Waals surface area contributed by atoms with E-state index in [0.717, 1.165) is 12.8 Å². The van der Waals surface area contributed by atoms with Gasteiger partial charge in [-0.1, -0.05) is 70.8 Å². The van der Waals surface area contributed by atoms with Crippen LogP contribution < -0.4 is 0 Å². The highest BCUT2D eigenvalue weighted by atomic mass is 16.5. The maximum atomic E-state index is 11.0. The Balaban J connectivity index is 3.10. The van der Waals surface area contributed by atoms with Crippen LogP contribution in [0.25, 0.3) is 0 Å². The van der Waals surface area contributed by atoms with Crippen molar-refractivity contribution in [3.8, 4) is 0 Å². The van der Waals surface area contributed by atoms with Crippen molar-refractivity contribution in [1.82, 2.24) is 0 Å². The fourth-order valence-electron chi connectivity index (χ4n) is 1.96. The largest absolute Gasteiger partial charge is 0.463 e. The van der Waals surface area contributed by atoms with E-state index in [0.29, 0.717) is 6.61 Å². The van der Waals surface area contributed by atoms with E-state index >= 15 is 0 Å². The summed E-state index contributed by atoms with van der Waals surface area (Å²) in [7, 11) is 0. The number of carbonyl (C=O) groups excluding carboxylic acids is 1. The molecule has 0 aliphatic rings. The van der Waals surface area contributed by atoms with Gasteiger partial charge in [0.2, 0.25) is 0 Å². The highest BCUT2D eigenvalue weighted by Gasteiger charge is 1.96. The van der Waals surface area contributed by atoms with Crippen LogP contribution in [0.15, 0.2) is 12.2 Å². The molecule has 3 nitrogen and oxygen atoms in total. The van der Waals surface area contributed by atoms with E-state index in [2.05, 4.69) is 6.92 Å². The number of hydrogen-bond acceptors (Lipinski definition) is 3. The van der Waals surface area contributed by atoms with Crippen molar-refractivity contribution in [2.24, 2.45) is 0 Å². The molecule has 0 aromatic rings. The first-order chi connectivity index (χ1) is 9.31. The second kappa shape index (κ2) is 15.2. The van der Waals surface area contributed by atoms with Gasteiger partial charge in [0.15, 0.2) is 0 Å². The maximum Gasteiger partial charge on any atom is 0.330 e. The summed E-state index contributed by atoms with van der Waals surface area (Å²) in [5.41, 5.74) is 0. The third kappa shape index (κ3) is 15.1. The number of aliphatic hydroxyl groups is 1. The van der Waals surface area contributed by atoms with Crippen LogP contribution in [-0.4, -0.2) is 24.3 Å². The van der Waals surface area contributed by atoms with E-state index in [4.69, 9.17) is 9.84 Å². The molecule has 0 aromatic heterocycles.